The van der Waals surface area contributed by atoms with Crippen LogP contribution in [0.4, 0.5) is 10.1 Å². The fourth-order valence-corrected chi connectivity index (χ4v) is 1.71. The molecule has 1 aromatic rings. The van der Waals surface area contributed by atoms with Crippen LogP contribution in [0.5, 0.6) is 5.75 Å². The Labute approximate surface area is 97.4 Å². The molecule has 0 aliphatic heterocycles. The Morgan fingerprint density at radius 1 is 1.41 bits per heavy atom. The van der Waals surface area contributed by atoms with Crippen LogP contribution in [0, 0.1) is 11.2 Å². The van der Waals surface area contributed by atoms with Crippen molar-refractivity contribution in [1.29, 1.82) is 0 Å². The lowest BCUT2D eigenvalue weighted by Gasteiger charge is -2.12. The van der Waals surface area contributed by atoms with Crippen LogP contribution >= 0.6 is 0 Å². The highest BCUT2D eigenvalue weighted by Crippen LogP contribution is 2.47. The Hall–Kier alpha value is -1.91. The Morgan fingerprint density at radius 2 is 2.06 bits per heavy atom. The van der Waals surface area contributed by atoms with Crippen molar-refractivity contribution in [3.05, 3.63) is 24.0 Å². The van der Waals surface area contributed by atoms with E-state index in [0.717, 1.165) is 12.1 Å². The van der Waals surface area contributed by atoms with Gasteiger partial charge in [0.15, 0.2) is 11.6 Å². The smallest absolute Gasteiger partial charge is 0.238 e. The Kier molecular flexibility index (Phi) is 2.61. The number of anilines is 1. The highest BCUT2D eigenvalue weighted by molar-refractivity contribution is 6.13. The number of carbonyl (C=O) groups excluding carboxylic acids is 2. The first-order valence-electron chi connectivity index (χ1n) is 5.27. The van der Waals surface area contributed by atoms with Gasteiger partial charge in [-0.05, 0) is 31.9 Å². The summed E-state index contributed by atoms with van der Waals surface area (Å²) in [6, 6.07) is 3.50. The van der Waals surface area contributed by atoms with Crippen LogP contribution in [-0.4, -0.2) is 16.8 Å². The molecule has 5 heteroatoms. The standard InChI is InChI=1S/C12H12FNO3/c1-7(15)12(4-5-12)11(17)14-8-2-3-9(13)10(16)6-8/h2-3,6,16H,4-5H2,1H3,(H,14,17). The molecule has 0 unspecified atom stereocenters. The van der Waals surface area contributed by atoms with Gasteiger partial charge < -0.3 is 10.4 Å². The lowest BCUT2D eigenvalue weighted by atomic mass is 10.0. The maximum atomic E-state index is 12.8. The molecule has 0 heterocycles. The van der Waals surface area contributed by atoms with E-state index < -0.39 is 22.9 Å². The molecule has 90 valence electrons. The molecule has 1 aliphatic carbocycles. The Balaban J connectivity index is 2.14. The molecule has 1 saturated carbocycles. The lowest BCUT2D eigenvalue weighted by molar-refractivity contribution is -0.131. The number of halogens is 1. The number of amides is 1. The fourth-order valence-electron chi connectivity index (χ4n) is 1.71. The summed E-state index contributed by atoms with van der Waals surface area (Å²) in [4.78, 5) is 23.1. The molecule has 1 fully saturated rings. The molecule has 0 radical (unpaired) electrons. The van der Waals surface area contributed by atoms with E-state index in [1.165, 1.54) is 13.0 Å². The van der Waals surface area contributed by atoms with Gasteiger partial charge in [-0.1, -0.05) is 0 Å². The van der Waals surface area contributed by atoms with E-state index in [4.69, 9.17) is 5.11 Å². The number of ketones is 1. The van der Waals surface area contributed by atoms with Gasteiger partial charge in [0.25, 0.3) is 0 Å². The molecule has 1 aromatic carbocycles. The van der Waals surface area contributed by atoms with Crippen molar-refractivity contribution in [2.45, 2.75) is 19.8 Å². The first-order valence-corrected chi connectivity index (χ1v) is 5.27. The minimum Gasteiger partial charge on any atom is -0.505 e. The molecule has 0 saturated heterocycles. The van der Waals surface area contributed by atoms with E-state index >= 15 is 0 Å². The normalized spacial score (nSPS) is 16.4. The molecule has 0 aromatic heterocycles. The van der Waals surface area contributed by atoms with E-state index in [1.54, 1.807) is 0 Å². The Bertz CT molecular complexity index is 495. The summed E-state index contributed by atoms with van der Waals surface area (Å²) in [6.45, 7) is 1.38. The Morgan fingerprint density at radius 3 is 2.53 bits per heavy atom. The van der Waals surface area contributed by atoms with Gasteiger partial charge in [-0.25, -0.2) is 4.39 Å². The van der Waals surface area contributed by atoms with Gasteiger partial charge in [0.1, 0.15) is 11.2 Å². The predicted octanol–water partition coefficient (Wildman–Crippen LogP) is 1.84. The summed E-state index contributed by atoms with van der Waals surface area (Å²) >= 11 is 0. The second-order valence-corrected chi connectivity index (χ2v) is 4.26. The fraction of sp³-hybridized carbons (Fsp3) is 0.333. The number of rotatable bonds is 3. The molecule has 17 heavy (non-hydrogen) atoms. The third-order valence-corrected chi connectivity index (χ3v) is 3.06. The van der Waals surface area contributed by atoms with E-state index in [2.05, 4.69) is 5.32 Å². The van der Waals surface area contributed by atoms with Crippen LogP contribution in [-0.2, 0) is 9.59 Å². The minimum atomic E-state index is -0.913. The molecule has 0 bridgehead atoms. The van der Waals surface area contributed by atoms with Gasteiger partial charge in [0, 0.05) is 11.8 Å². The molecular formula is C12H12FNO3. The average molecular weight is 237 g/mol. The van der Waals surface area contributed by atoms with Crippen molar-refractivity contribution in [3.8, 4) is 5.75 Å². The number of carbonyl (C=O) groups is 2. The summed E-state index contributed by atoms with van der Waals surface area (Å²) < 4.78 is 12.8. The number of Topliss-reactive ketones (excluding diaryl/α,β-unsaturated/α-hetero) is 1. The van der Waals surface area contributed by atoms with E-state index in [-0.39, 0.29) is 11.5 Å². The van der Waals surface area contributed by atoms with Gasteiger partial charge in [-0.3, -0.25) is 9.59 Å². The largest absolute Gasteiger partial charge is 0.505 e. The van der Waals surface area contributed by atoms with Crippen LogP contribution in [0.3, 0.4) is 0 Å². The summed E-state index contributed by atoms with van der Waals surface area (Å²) in [6.07, 6.45) is 1.09. The molecule has 0 spiro atoms. The molecule has 1 aliphatic rings. The van der Waals surface area contributed by atoms with Crippen molar-refractivity contribution in [3.63, 3.8) is 0 Å². The predicted molar refractivity (Wildman–Crippen MR) is 59.0 cm³/mol. The maximum absolute atomic E-state index is 12.8. The first kappa shape index (κ1) is 11.6. The second-order valence-electron chi connectivity index (χ2n) is 4.26. The van der Waals surface area contributed by atoms with E-state index in [0.29, 0.717) is 12.8 Å². The van der Waals surface area contributed by atoms with Crippen molar-refractivity contribution < 1.29 is 19.1 Å². The SMILES string of the molecule is CC(=O)C1(C(=O)Nc2ccc(F)c(O)c2)CC1. The summed E-state index contributed by atoms with van der Waals surface area (Å²) in [5.74, 6) is -1.84. The maximum Gasteiger partial charge on any atom is 0.238 e. The van der Waals surface area contributed by atoms with Gasteiger partial charge in [0.05, 0.1) is 0 Å². The summed E-state index contributed by atoms with van der Waals surface area (Å²) in [7, 11) is 0. The quantitative estimate of drug-likeness (QED) is 0.788. The highest BCUT2D eigenvalue weighted by atomic mass is 19.1. The third kappa shape index (κ3) is 2.00. The zero-order valence-corrected chi connectivity index (χ0v) is 9.29. The minimum absolute atomic E-state index is 0.165. The topological polar surface area (TPSA) is 66.4 Å². The van der Waals surface area contributed by atoms with Crippen molar-refractivity contribution in [2.24, 2.45) is 5.41 Å². The number of nitrogens with one attached hydrogen (secondary N) is 1. The highest BCUT2D eigenvalue weighted by Gasteiger charge is 2.54. The monoisotopic (exact) mass is 237 g/mol. The third-order valence-electron chi connectivity index (χ3n) is 3.06. The van der Waals surface area contributed by atoms with Gasteiger partial charge >= 0.3 is 0 Å². The van der Waals surface area contributed by atoms with Gasteiger partial charge in [-0.2, -0.15) is 0 Å². The molecule has 2 N–H and O–H groups in total. The molecular weight excluding hydrogens is 225 g/mol. The van der Waals surface area contributed by atoms with Crippen LogP contribution in [0.25, 0.3) is 0 Å². The van der Waals surface area contributed by atoms with E-state index in [9.17, 15) is 14.0 Å². The molecule has 0 atom stereocenters. The zero-order chi connectivity index (χ0) is 12.6. The number of hydrogen-bond acceptors (Lipinski definition) is 3. The summed E-state index contributed by atoms with van der Waals surface area (Å²) in [5, 5.41) is 11.7. The van der Waals surface area contributed by atoms with Crippen LogP contribution in [0.15, 0.2) is 18.2 Å². The van der Waals surface area contributed by atoms with Crippen molar-refractivity contribution >= 4 is 17.4 Å². The van der Waals surface area contributed by atoms with Crippen LogP contribution in [0.1, 0.15) is 19.8 Å². The lowest BCUT2D eigenvalue weighted by Crippen LogP contribution is -2.29. The number of aromatic hydroxyl groups is 1. The number of phenolic OH excluding ortho intramolecular Hbond substituents is 1. The van der Waals surface area contributed by atoms with Crippen LogP contribution in [0.2, 0.25) is 0 Å². The van der Waals surface area contributed by atoms with Crippen LogP contribution < -0.4 is 5.32 Å². The number of benzene rings is 1. The molecule has 2 rings (SSSR count). The first-order chi connectivity index (χ1) is 7.95. The molecule has 1 amide bonds. The summed E-state index contributed by atoms with van der Waals surface area (Å²) in [5.41, 5.74) is -0.634. The average Bonchev–Trinajstić information content (AvgIpc) is 3.04. The van der Waals surface area contributed by atoms with E-state index in [1.807, 2.05) is 0 Å². The number of phenols is 1. The second kappa shape index (κ2) is 3.84. The van der Waals surface area contributed by atoms with Crippen molar-refractivity contribution in [2.75, 3.05) is 5.32 Å². The molecule has 4 nitrogen and oxygen atoms in total. The van der Waals surface area contributed by atoms with Gasteiger partial charge in [0.2, 0.25) is 5.91 Å². The van der Waals surface area contributed by atoms with Crippen molar-refractivity contribution in [1.82, 2.24) is 0 Å². The zero-order valence-electron chi connectivity index (χ0n) is 9.29. The van der Waals surface area contributed by atoms with Gasteiger partial charge in [-0.15, -0.1) is 0 Å². The number of hydrogen-bond donors (Lipinski definition) is 2.